The van der Waals surface area contributed by atoms with Crippen molar-refractivity contribution >= 4 is 46.9 Å². The molecule has 7 heteroatoms. The number of hydrogen-bond acceptors (Lipinski definition) is 3. The second kappa shape index (κ2) is 9.75. The van der Waals surface area contributed by atoms with Crippen LogP contribution in [-0.2, 0) is 9.59 Å². The molecule has 0 radical (unpaired) electrons. The number of hydrogen-bond donors (Lipinski definition) is 1. The van der Waals surface area contributed by atoms with Gasteiger partial charge in [0.15, 0.2) is 0 Å². The number of allylic oxidation sites excluding steroid dienone is 2. The molecule has 5 nitrogen and oxygen atoms in total. The number of para-hydroxylation sites is 1. The fourth-order valence-electron chi connectivity index (χ4n) is 2.10. The minimum absolute atomic E-state index is 0.247. The Hall–Kier alpha value is -2.63. The van der Waals surface area contributed by atoms with E-state index in [0.717, 1.165) is 10.6 Å². The topological polar surface area (TPSA) is 61.8 Å². The van der Waals surface area contributed by atoms with E-state index in [1.807, 2.05) is 6.92 Å². The number of amides is 2. The highest BCUT2D eigenvalue weighted by Gasteiger charge is 2.11. The summed E-state index contributed by atoms with van der Waals surface area (Å²) >= 11 is 11.9. The Balaban J connectivity index is 2.15. The van der Waals surface area contributed by atoms with Gasteiger partial charge in [0.1, 0.15) is 6.54 Å². The van der Waals surface area contributed by atoms with Gasteiger partial charge in [-0.15, -0.1) is 0 Å². The summed E-state index contributed by atoms with van der Waals surface area (Å²) in [5.41, 5.74) is 1.77. The first-order valence-electron chi connectivity index (χ1n) is 7.77. The van der Waals surface area contributed by atoms with Crippen LogP contribution in [0.1, 0.15) is 12.5 Å². The number of rotatable bonds is 7. The van der Waals surface area contributed by atoms with Crippen LogP contribution in [0, 0.1) is 0 Å². The van der Waals surface area contributed by atoms with Gasteiger partial charge in [0.05, 0.1) is 16.4 Å². The Bertz CT molecular complexity index is 833. The van der Waals surface area contributed by atoms with Gasteiger partial charge in [-0.05, 0) is 37.3 Å². The van der Waals surface area contributed by atoms with Crippen molar-refractivity contribution in [2.45, 2.75) is 6.92 Å². The highest BCUT2D eigenvalue weighted by molar-refractivity contribution is 6.33. The number of carbonyl (C=O) groups is 2. The predicted molar refractivity (Wildman–Crippen MR) is 106 cm³/mol. The van der Waals surface area contributed by atoms with Gasteiger partial charge in [-0.3, -0.25) is 9.59 Å². The first-order chi connectivity index (χ1) is 12.5. The number of benzene rings is 2. The number of nitrogens with zero attached hydrogens (tertiary/aromatic N) is 2. The summed E-state index contributed by atoms with van der Waals surface area (Å²) in [5.74, 6) is -0.412. The van der Waals surface area contributed by atoms with Crippen molar-refractivity contribution in [3.63, 3.8) is 0 Å². The van der Waals surface area contributed by atoms with Crippen LogP contribution < -0.4 is 5.32 Å². The van der Waals surface area contributed by atoms with Crippen LogP contribution in [0.4, 0.5) is 5.69 Å². The molecule has 1 N–H and O–H groups in total. The van der Waals surface area contributed by atoms with Crippen LogP contribution in [0.25, 0.3) is 0 Å². The molecule has 0 aliphatic rings. The van der Waals surface area contributed by atoms with Gasteiger partial charge >= 0.3 is 0 Å². The molecule has 134 valence electrons. The molecule has 0 unspecified atom stereocenters. The molecule has 0 spiro atoms. The van der Waals surface area contributed by atoms with Crippen LogP contribution in [0.15, 0.2) is 65.8 Å². The van der Waals surface area contributed by atoms with E-state index in [1.54, 1.807) is 60.7 Å². The Morgan fingerprint density at radius 1 is 1.15 bits per heavy atom. The highest BCUT2D eigenvalue weighted by atomic mass is 35.5. The van der Waals surface area contributed by atoms with Crippen molar-refractivity contribution in [3.8, 4) is 0 Å². The highest BCUT2D eigenvalue weighted by Crippen LogP contribution is 2.20. The third kappa shape index (κ3) is 5.72. The molecular formula is C19H17Cl2N3O2. The summed E-state index contributed by atoms with van der Waals surface area (Å²) in [7, 11) is 0. The van der Waals surface area contributed by atoms with E-state index in [4.69, 9.17) is 23.2 Å². The number of hydrazone groups is 1. The zero-order chi connectivity index (χ0) is 18.9. The molecule has 2 amide bonds. The molecule has 0 bridgehead atoms. The van der Waals surface area contributed by atoms with Crippen molar-refractivity contribution < 1.29 is 9.59 Å². The van der Waals surface area contributed by atoms with Crippen molar-refractivity contribution in [1.82, 2.24) is 5.01 Å². The monoisotopic (exact) mass is 389 g/mol. The predicted octanol–water partition coefficient (Wildman–Crippen LogP) is 4.37. The van der Waals surface area contributed by atoms with Gasteiger partial charge in [0.2, 0.25) is 12.3 Å². The fourth-order valence-corrected chi connectivity index (χ4v) is 2.41. The largest absolute Gasteiger partial charge is 0.323 e. The maximum Gasteiger partial charge on any atom is 0.246 e. The minimum Gasteiger partial charge on any atom is -0.323 e. The van der Waals surface area contributed by atoms with E-state index < -0.39 is 5.91 Å². The lowest BCUT2D eigenvalue weighted by molar-refractivity contribution is -0.125. The van der Waals surface area contributed by atoms with Gasteiger partial charge in [-0.1, -0.05) is 53.5 Å². The van der Waals surface area contributed by atoms with Crippen LogP contribution in [0.3, 0.4) is 0 Å². The molecule has 0 heterocycles. The van der Waals surface area contributed by atoms with Crippen molar-refractivity contribution in [2.75, 3.05) is 11.9 Å². The lowest BCUT2D eigenvalue weighted by atomic mass is 10.1. The van der Waals surface area contributed by atoms with E-state index in [2.05, 4.69) is 10.4 Å². The molecule has 0 aromatic heterocycles. The van der Waals surface area contributed by atoms with E-state index in [-0.39, 0.29) is 6.54 Å². The molecular weight excluding hydrogens is 373 g/mol. The molecule has 2 aromatic rings. The van der Waals surface area contributed by atoms with Gasteiger partial charge in [0, 0.05) is 10.6 Å². The molecule has 2 rings (SSSR count). The first-order valence-corrected chi connectivity index (χ1v) is 8.52. The Kier molecular flexibility index (Phi) is 7.38. The Labute approximate surface area is 161 Å². The molecule has 2 aromatic carbocycles. The second-order valence-electron chi connectivity index (χ2n) is 5.22. The minimum atomic E-state index is -0.412. The summed E-state index contributed by atoms with van der Waals surface area (Å²) in [6, 6.07) is 13.9. The number of anilines is 1. The van der Waals surface area contributed by atoms with Gasteiger partial charge in [-0.25, -0.2) is 5.01 Å². The van der Waals surface area contributed by atoms with E-state index in [0.29, 0.717) is 27.9 Å². The van der Waals surface area contributed by atoms with Crippen molar-refractivity contribution in [2.24, 2.45) is 5.10 Å². The maximum absolute atomic E-state index is 12.2. The summed E-state index contributed by atoms with van der Waals surface area (Å²) in [5, 5.41) is 8.93. The normalized spacial score (nSPS) is 11.4. The molecule has 0 aliphatic heterocycles. The van der Waals surface area contributed by atoms with Crippen LogP contribution in [-0.4, -0.2) is 29.6 Å². The van der Waals surface area contributed by atoms with E-state index in [1.165, 1.54) is 0 Å². The maximum atomic E-state index is 12.2. The molecule has 0 aliphatic carbocycles. The van der Waals surface area contributed by atoms with E-state index >= 15 is 0 Å². The van der Waals surface area contributed by atoms with E-state index in [9.17, 15) is 9.59 Å². The third-order valence-electron chi connectivity index (χ3n) is 3.28. The molecule has 26 heavy (non-hydrogen) atoms. The number of nitrogens with one attached hydrogen (secondary N) is 1. The number of halogens is 2. The van der Waals surface area contributed by atoms with Crippen LogP contribution in [0.2, 0.25) is 10.0 Å². The summed E-state index contributed by atoms with van der Waals surface area (Å²) in [6.45, 7) is 1.59. The average Bonchev–Trinajstić information content (AvgIpc) is 2.63. The SMILES string of the molecule is C/C=C\C(=N/N(C=O)CC(=O)Nc1ccccc1Cl)c1ccc(Cl)cc1. The average molecular weight is 390 g/mol. The molecule has 0 atom stereocenters. The Morgan fingerprint density at radius 2 is 1.85 bits per heavy atom. The summed E-state index contributed by atoms with van der Waals surface area (Å²) in [4.78, 5) is 23.5. The lowest BCUT2D eigenvalue weighted by Crippen LogP contribution is -2.29. The van der Waals surface area contributed by atoms with Gasteiger partial charge in [0.25, 0.3) is 0 Å². The lowest BCUT2D eigenvalue weighted by Gasteiger charge is -2.14. The standard InChI is InChI=1S/C19H17Cl2N3O2/c1-2-5-17(14-8-10-15(20)11-9-14)23-24(13-25)12-19(26)22-18-7-4-3-6-16(18)21/h2-11,13H,12H2,1H3,(H,22,26)/b5-2-,23-17+. The summed E-state index contributed by atoms with van der Waals surface area (Å²) < 4.78 is 0. The first kappa shape index (κ1) is 19.7. The fraction of sp³-hybridized carbons (Fsp3) is 0.105. The quantitative estimate of drug-likeness (QED) is 0.434. The third-order valence-corrected chi connectivity index (χ3v) is 3.86. The van der Waals surface area contributed by atoms with Crippen molar-refractivity contribution in [3.05, 3.63) is 76.3 Å². The second-order valence-corrected chi connectivity index (χ2v) is 6.07. The van der Waals surface area contributed by atoms with Crippen LogP contribution >= 0.6 is 23.2 Å². The van der Waals surface area contributed by atoms with Crippen LogP contribution in [0.5, 0.6) is 0 Å². The molecule has 0 fully saturated rings. The molecule has 0 saturated heterocycles. The van der Waals surface area contributed by atoms with Gasteiger partial charge < -0.3 is 5.32 Å². The zero-order valence-electron chi connectivity index (χ0n) is 14.0. The van der Waals surface area contributed by atoms with Gasteiger partial charge in [-0.2, -0.15) is 5.10 Å². The summed E-state index contributed by atoms with van der Waals surface area (Å²) in [6.07, 6.45) is 4.03. The zero-order valence-corrected chi connectivity index (χ0v) is 15.5. The van der Waals surface area contributed by atoms with Crippen molar-refractivity contribution in [1.29, 1.82) is 0 Å². The molecule has 0 saturated carbocycles. The number of carbonyl (C=O) groups excluding carboxylic acids is 2. The smallest absolute Gasteiger partial charge is 0.246 e. The Morgan fingerprint density at radius 3 is 2.46 bits per heavy atom.